The fraction of sp³-hybridized carbons (Fsp3) is 0.611. The van der Waals surface area contributed by atoms with Crippen molar-refractivity contribution >= 4 is 11.0 Å². The van der Waals surface area contributed by atoms with Crippen LogP contribution in [-0.2, 0) is 0 Å². The van der Waals surface area contributed by atoms with Crippen molar-refractivity contribution in [1.29, 1.82) is 0 Å². The predicted octanol–water partition coefficient (Wildman–Crippen LogP) is 2.74. The van der Waals surface area contributed by atoms with Gasteiger partial charge in [-0.25, -0.2) is 4.98 Å². The molecule has 3 heterocycles. The van der Waals surface area contributed by atoms with E-state index < -0.39 is 0 Å². The van der Waals surface area contributed by atoms with Crippen molar-refractivity contribution in [3.8, 4) is 0 Å². The Kier molecular flexibility index (Phi) is 3.66. The van der Waals surface area contributed by atoms with Crippen LogP contribution in [0.2, 0.25) is 0 Å². The molecule has 118 valence electrons. The average molecular weight is 298 g/mol. The van der Waals surface area contributed by atoms with Crippen LogP contribution < -0.4 is 5.32 Å². The second kappa shape index (κ2) is 5.67. The van der Waals surface area contributed by atoms with Crippen molar-refractivity contribution in [2.45, 2.75) is 32.1 Å². The van der Waals surface area contributed by atoms with Crippen LogP contribution in [0.15, 0.2) is 24.3 Å². The molecule has 0 aliphatic carbocycles. The maximum absolute atomic E-state index is 4.79. The van der Waals surface area contributed by atoms with Gasteiger partial charge in [-0.15, -0.1) is 0 Å². The summed E-state index contributed by atoms with van der Waals surface area (Å²) in [6.07, 6.45) is 3.77. The quantitative estimate of drug-likeness (QED) is 0.916. The molecule has 0 saturated carbocycles. The lowest BCUT2D eigenvalue weighted by Crippen LogP contribution is -2.41. The fourth-order valence-corrected chi connectivity index (χ4v) is 4.07. The number of nitrogens with one attached hydrogen (secondary N) is 2. The first-order chi connectivity index (χ1) is 10.7. The Balaban J connectivity index is 1.39. The monoisotopic (exact) mass is 298 g/mol. The lowest BCUT2D eigenvalue weighted by molar-refractivity contribution is 0.143. The molecule has 0 bridgehead atoms. The Hall–Kier alpha value is -1.39. The molecule has 0 spiro atoms. The first-order valence-corrected chi connectivity index (χ1v) is 8.60. The summed E-state index contributed by atoms with van der Waals surface area (Å²) in [6, 6.07) is 8.35. The zero-order valence-electron chi connectivity index (χ0n) is 13.4. The third kappa shape index (κ3) is 2.77. The summed E-state index contributed by atoms with van der Waals surface area (Å²) in [5.41, 5.74) is 2.75. The number of piperidine rings is 1. The Bertz CT molecular complexity index is 600. The number of H-pyrrole nitrogens is 1. The van der Waals surface area contributed by atoms with Crippen molar-refractivity contribution < 1.29 is 0 Å². The van der Waals surface area contributed by atoms with E-state index in [0.717, 1.165) is 5.52 Å². The minimum absolute atomic E-state index is 0.478. The molecule has 0 radical (unpaired) electrons. The predicted molar refractivity (Wildman–Crippen MR) is 90.1 cm³/mol. The van der Waals surface area contributed by atoms with Gasteiger partial charge < -0.3 is 15.2 Å². The van der Waals surface area contributed by atoms with E-state index in [0.29, 0.717) is 11.3 Å². The van der Waals surface area contributed by atoms with Gasteiger partial charge in [-0.1, -0.05) is 19.1 Å². The standard InChI is InChI=1S/C18H26N4/c1-18(8-9-19-12-18)13-22-10-6-14(7-11-22)17-20-15-4-2-3-5-16(15)21-17/h2-5,14,19H,6-13H2,1H3,(H,20,21). The van der Waals surface area contributed by atoms with Crippen LogP contribution in [0.25, 0.3) is 11.0 Å². The molecular formula is C18H26N4. The maximum Gasteiger partial charge on any atom is 0.110 e. The third-order valence-corrected chi connectivity index (χ3v) is 5.44. The molecule has 1 aromatic heterocycles. The molecule has 2 saturated heterocycles. The Morgan fingerprint density at radius 2 is 2.09 bits per heavy atom. The number of para-hydroxylation sites is 2. The van der Waals surface area contributed by atoms with Crippen molar-refractivity contribution in [1.82, 2.24) is 20.2 Å². The molecule has 2 aliphatic rings. The molecule has 2 aromatic rings. The molecule has 2 fully saturated rings. The van der Waals surface area contributed by atoms with Crippen molar-refractivity contribution in [2.75, 3.05) is 32.7 Å². The fourth-order valence-electron chi connectivity index (χ4n) is 4.07. The van der Waals surface area contributed by atoms with Gasteiger partial charge in [0.2, 0.25) is 0 Å². The van der Waals surface area contributed by atoms with E-state index in [9.17, 15) is 0 Å². The summed E-state index contributed by atoms with van der Waals surface area (Å²) < 4.78 is 0. The molecule has 1 atom stereocenters. The summed E-state index contributed by atoms with van der Waals surface area (Å²) in [4.78, 5) is 11.0. The average Bonchev–Trinajstić information content (AvgIpc) is 3.14. The molecule has 2 aliphatic heterocycles. The van der Waals surface area contributed by atoms with Crippen LogP contribution in [-0.4, -0.2) is 47.6 Å². The van der Waals surface area contributed by atoms with Gasteiger partial charge in [0.25, 0.3) is 0 Å². The zero-order valence-corrected chi connectivity index (χ0v) is 13.4. The summed E-state index contributed by atoms with van der Waals surface area (Å²) >= 11 is 0. The van der Waals surface area contributed by atoms with E-state index >= 15 is 0 Å². The molecule has 1 unspecified atom stereocenters. The summed E-state index contributed by atoms with van der Waals surface area (Å²) in [6.45, 7) is 8.45. The van der Waals surface area contributed by atoms with Crippen molar-refractivity contribution in [2.24, 2.45) is 5.41 Å². The third-order valence-electron chi connectivity index (χ3n) is 5.44. The first kappa shape index (κ1) is 14.2. The molecule has 22 heavy (non-hydrogen) atoms. The highest BCUT2D eigenvalue weighted by atomic mass is 15.1. The van der Waals surface area contributed by atoms with Gasteiger partial charge in [-0.2, -0.15) is 0 Å². The molecule has 4 nitrogen and oxygen atoms in total. The van der Waals surface area contributed by atoms with Crippen molar-refractivity contribution in [3.63, 3.8) is 0 Å². The van der Waals surface area contributed by atoms with E-state index in [1.807, 2.05) is 0 Å². The molecule has 2 N–H and O–H groups in total. The smallest absolute Gasteiger partial charge is 0.110 e. The van der Waals surface area contributed by atoms with Crippen LogP contribution in [0.4, 0.5) is 0 Å². The van der Waals surface area contributed by atoms with E-state index in [1.165, 1.54) is 63.3 Å². The van der Waals surface area contributed by atoms with Crippen LogP contribution in [0.1, 0.15) is 37.9 Å². The summed E-state index contributed by atoms with van der Waals surface area (Å²) in [7, 11) is 0. The maximum atomic E-state index is 4.79. The largest absolute Gasteiger partial charge is 0.342 e. The van der Waals surface area contributed by atoms with Crippen molar-refractivity contribution in [3.05, 3.63) is 30.1 Å². The number of likely N-dealkylation sites (tertiary alicyclic amines) is 1. The highest BCUT2D eigenvalue weighted by molar-refractivity contribution is 5.74. The zero-order chi connectivity index (χ0) is 15.0. The summed E-state index contributed by atoms with van der Waals surface area (Å²) in [5.74, 6) is 1.78. The van der Waals surface area contributed by atoms with Crippen LogP contribution in [0.5, 0.6) is 0 Å². The topological polar surface area (TPSA) is 44.0 Å². The number of aromatic amines is 1. The molecule has 4 heteroatoms. The lowest BCUT2D eigenvalue weighted by atomic mass is 9.87. The van der Waals surface area contributed by atoms with Gasteiger partial charge in [0.05, 0.1) is 11.0 Å². The van der Waals surface area contributed by atoms with Gasteiger partial charge in [0, 0.05) is 19.0 Å². The van der Waals surface area contributed by atoms with E-state index in [-0.39, 0.29) is 0 Å². The number of hydrogen-bond acceptors (Lipinski definition) is 3. The van der Waals surface area contributed by atoms with E-state index in [1.54, 1.807) is 0 Å². The van der Waals surface area contributed by atoms with Gasteiger partial charge >= 0.3 is 0 Å². The van der Waals surface area contributed by atoms with E-state index in [4.69, 9.17) is 4.98 Å². The van der Waals surface area contributed by atoms with Crippen LogP contribution >= 0.6 is 0 Å². The Labute approximate surface area is 132 Å². The highest BCUT2D eigenvalue weighted by Crippen LogP contribution is 2.31. The van der Waals surface area contributed by atoms with Gasteiger partial charge in [-0.05, 0) is 56.4 Å². The normalized spacial score (nSPS) is 27.7. The number of hydrogen-bond donors (Lipinski definition) is 2. The van der Waals surface area contributed by atoms with E-state index in [2.05, 4.69) is 46.4 Å². The van der Waals surface area contributed by atoms with Crippen LogP contribution in [0.3, 0.4) is 0 Å². The molecule has 4 rings (SSSR count). The molecule has 0 amide bonds. The second-order valence-corrected chi connectivity index (χ2v) is 7.43. The van der Waals surface area contributed by atoms with Gasteiger partial charge in [-0.3, -0.25) is 0 Å². The number of imidazole rings is 1. The number of aromatic nitrogens is 2. The Morgan fingerprint density at radius 1 is 1.27 bits per heavy atom. The Morgan fingerprint density at radius 3 is 2.82 bits per heavy atom. The highest BCUT2D eigenvalue weighted by Gasteiger charge is 2.32. The van der Waals surface area contributed by atoms with Gasteiger partial charge in [0.15, 0.2) is 0 Å². The minimum atomic E-state index is 0.478. The molecular weight excluding hydrogens is 272 g/mol. The number of benzene rings is 1. The SMILES string of the molecule is CC1(CN2CCC(c3nc4ccccc4[nH]3)CC2)CCNC1. The molecule has 1 aromatic carbocycles. The summed E-state index contributed by atoms with van der Waals surface area (Å²) in [5, 5.41) is 3.51. The first-order valence-electron chi connectivity index (χ1n) is 8.60. The van der Waals surface area contributed by atoms with Gasteiger partial charge in [0.1, 0.15) is 5.82 Å². The number of fused-ring (bicyclic) bond motifs is 1. The second-order valence-electron chi connectivity index (χ2n) is 7.43. The number of rotatable bonds is 3. The number of nitrogens with zero attached hydrogens (tertiary/aromatic N) is 2. The van der Waals surface area contributed by atoms with Crippen LogP contribution in [0, 0.1) is 5.41 Å². The lowest BCUT2D eigenvalue weighted by Gasteiger charge is -2.36. The minimum Gasteiger partial charge on any atom is -0.342 e.